The van der Waals surface area contributed by atoms with E-state index in [-0.39, 0.29) is 11.1 Å². The normalized spacial score (nSPS) is 14.6. The van der Waals surface area contributed by atoms with Gasteiger partial charge in [-0.25, -0.2) is 4.79 Å². The van der Waals surface area contributed by atoms with Crippen LogP contribution in [-0.2, 0) is 11.2 Å². The fourth-order valence-corrected chi connectivity index (χ4v) is 4.12. The quantitative estimate of drug-likeness (QED) is 0.275. The molecule has 0 radical (unpaired) electrons. The molecular formula is C26H21NO5S. The van der Waals surface area contributed by atoms with Gasteiger partial charge in [-0.15, -0.1) is 0 Å². The molecule has 1 saturated heterocycles. The number of methoxy groups -OCH3 is 1. The molecule has 3 aromatic carbocycles. The second-order valence-electron chi connectivity index (χ2n) is 7.26. The Morgan fingerprint density at radius 1 is 0.909 bits per heavy atom. The SMILES string of the molecule is COc1ccc(C(=O)Oc2ccc(/C=C3/SC(=O)N(CCc4ccccc4)C3=O)cc2)cc1. The first kappa shape index (κ1) is 22.4. The smallest absolute Gasteiger partial charge is 0.343 e. The van der Waals surface area contributed by atoms with Crippen LogP contribution in [-0.4, -0.2) is 35.7 Å². The van der Waals surface area contributed by atoms with E-state index in [0.717, 1.165) is 22.9 Å². The van der Waals surface area contributed by atoms with E-state index in [1.165, 1.54) is 4.90 Å². The molecule has 2 amide bonds. The van der Waals surface area contributed by atoms with E-state index in [9.17, 15) is 14.4 Å². The lowest BCUT2D eigenvalue weighted by Gasteiger charge is -2.12. The van der Waals surface area contributed by atoms with Crippen LogP contribution in [0.5, 0.6) is 11.5 Å². The fourth-order valence-electron chi connectivity index (χ4n) is 3.25. The van der Waals surface area contributed by atoms with Crippen molar-refractivity contribution in [3.8, 4) is 11.5 Å². The predicted octanol–water partition coefficient (Wildman–Crippen LogP) is 5.19. The Labute approximate surface area is 195 Å². The highest BCUT2D eigenvalue weighted by Gasteiger charge is 2.34. The summed E-state index contributed by atoms with van der Waals surface area (Å²) in [5.41, 5.74) is 2.21. The van der Waals surface area contributed by atoms with Crippen LogP contribution in [0, 0.1) is 0 Å². The van der Waals surface area contributed by atoms with Gasteiger partial charge in [0, 0.05) is 6.54 Å². The number of thioether (sulfide) groups is 1. The molecule has 3 aromatic rings. The van der Waals surface area contributed by atoms with E-state index in [1.807, 2.05) is 30.3 Å². The molecule has 0 unspecified atom stereocenters. The Morgan fingerprint density at radius 2 is 1.58 bits per heavy atom. The number of carbonyl (C=O) groups excluding carboxylic acids is 3. The summed E-state index contributed by atoms with van der Waals surface area (Å²) >= 11 is 0.930. The third kappa shape index (κ3) is 5.51. The lowest BCUT2D eigenvalue weighted by molar-refractivity contribution is -0.122. The molecule has 0 N–H and O–H groups in total. The Morgan fingerprint density at radius 3 is 2.24 bits per heavy atom. The Balaban J connectivity index is 1.38. The minimum Gasteiger partial charge on any atom is -0.497 e. The molecule has 0 spiro atoms. The maximum atomic E-state index is 12.7. The number of imide groups is 1. The minimum absolute atomic E-state index is 0.271. The van der Waals surface area contributed by atoms with Crippen molar-refractivity contribution in [1.82, 2.24) is 4.90 Å². The molecule has 1 aliphatic rings. The van der Waals surface area contributed by atoms with Crippen molar-refractivity contribution in [2.75, 3.05) is 13.7 Å². The van der Waals surface area contributed by atoms with Gasteiger partial charge < -0.3 is 9.47 Å². The highest BCUT2D eigenvalue weighted by atomic mass is 32.2. The van der Waals surface area contributed by atoms with Gasteiger partial charge in [-0.2, -0.15) is 0 Å². The molecule has 4 rings (SSSR count). The van der Waals surface area contributed by atoms with Crippen LogP contribution in [0.3, 0.4) is 0 Å². The third-order valence-corrected chi connectivity index (χ3v) is 5.96. The van der Waals surface area contributed by atoms with Crippen LogP contribution in [0.15, 0.2) is 83.8 Å². The van der Waals surface area contributed by atoms with Gasteiger partial charge in [0.2, 0.25) is 0 Å². The average Bonchev–Trinajstić information content (AvgIpc) is 3.11. The van der Waals surface area contributed by atoms with Gasteiger partial charge in [0.15, 0.2) is 0 Å². The number of amides is 2. The molecule has 33 heavy (non-hydrogen) atoms. The standard InChI is InChI=1S/C26H21NO5S/c1-31-21-13-9-20(10-14-21)25(29)32-22-11-7-19(8-12-22)17-23-24(28)27(26(30)33-23)16-15-18-5-3-2-4-6-18/h2-14,17H,15-16H2,1H3/b23-17+. The van der Waals surface area contributed by atoms with Crippen molar-refractivity contribution in [2.24, 2.45) is 0 Å². The Hall–Kier alpha value is -3.84. The largest absolute Gasteiger partial charge is 0.497 e. The van der Waals surface area contributed by atoms with Crippen LogP contribution < -0.4 is 9.47 Å². The first-order chi connectivity index (χ1) is 16.0. The van der Waals surface area contributed by atoms with Gasteiger partial charge in [-0.1, -0.05) is 42.5 Å². The average molecular weight is 460 g/mol. The summed E-state index contributed by atoms with van der Waals surface area (Å²) in [5, 5.41) is -0.271. The molecule has 6 nitrogen and oxygen atoms in total. The number of esters is 1. The van der Waals surface area contributed by atoms with Crippen LogP contribution in [0.25, 0.3) is 6.08 Å². The number of hydrogen-bond donors (Lipinski definition) is 0. The second kappa shape index (κ2) is 10.2. The molecule has 1 fully saturated rings. The third-order valence-electron chi connectivity index (χ3n) is 5.05. The van der Waals surface area contributed by atoms with Crippen molar-refractivity contribution in [2.45, 2.75) is 6.42 Å². The summed E-state index contributed by atoms with van der Waals surface area (Å²) in [6.07, 6.45) is 2.28. The number of carbonyl (C=O) groups is 3. The topological polar surface area (TPSA) is 72.9 Å². The molecule has 166 valence electrons. The first-order valence-corrected chi connectivity index (χ1v) is 11.1. The van der Waals surface area contributed by atoms with Gasteiger partial charge in [0.25, 0.3) is 11.1 Å². The summed E-state index contributed by atoms with van der Waals surface area (Å²) < 4.78 is 10.5. The van der Waals surface area contributed by atoms with Gasteiger partial charge >= 0.3 is 5.97 Å². The highest BCUT2D eigenvalue weighted by molar-refractivity contribution is 8.18. The van der Waals surface area contributed by atoms with Crippen molar-refractivity contribution in [3.05, 3.63) is 100 Å². The molecule has 0 bridgehead atoms. The molecule has 7 heteroatoms. The molecule has 0 aromatic heterocycles. The first-order valence-electron chi connectivity index (χ1n) is 10.3. The number of nitrogens with zero attached hydrogens (tertiary/aromatic N) is 1. The van der Waals surface area contributed by atoms with E-state index < -0.39 is 5.97 Å². The van der Waals surface area contributed by atoms with Crippen molar-refractivity contribution < 1.29 is 23.9 Å². The summed E-state index contributed by atoms with van der Waals surface area (Å²) in [4.78, 5) is 38.9. The van der Waals surface area contributed by atoms with Gasteiger partial charge in [-0.05, 0) is 71.8 Å². The van der Waals surface area contributed by atoms with Crippen LogP contribution >= 0.6 is 11.8 Å². The zero-order chi connectivity index (χ0) is 23.2. The lowest BCUT2D eigenvalue weighted by atomic mass is 10.1. The van der Waals surface area contributed by atoms with E-state index in [1.54, 1.807) is 61.7 Å². The zero-order valence-electron chi connectivity index (χ0n) is 17.9. The molecular weight excluding hydrogens is 438 g/mol. The number of ether oxygens (including phenoxy) is 2. The molecule has 0 atom stereocenters. The van der Waals surface area contributed by atoms with Crippen molar-refractivity contribution in [1.29, 1.82) is 0 Å². The summed E-state index contributed by atoms with van der Waals surface area (Å²) in [7, 11) is 1.56. The van der Waals surface area contributed by atoms with E-state index in [4.69, 9.17) is 9.47 Å². The van der Waals surface area contributed by atoms with Gasteiger partial charge in [0.05, 0.1) is 17.6 Å². The Bertz CT molecular complexity index is 1190. The fraction of sp³-hybridized carbons (Fsp3) is 0.115. The highest BCUT2D eigenvalue weighted by Crippen LogP contribution is 2.32. The van der Waals surface area contributed by atoms with E-state index in [0.29, 0.717) is 34.9 Å². The maximum Gasteiger partial charge on any atom is 0.343 e. The summed E-state index contributed by atoms with van der Waals surface area (Å²) in [6.45, 7) is 0.340. The summed E-state index contributed by atoms with van der Waals surface area (Å²) in [6, 6.07) is 23.1. The second-order valence-corrected chi connectivity index (χ2v) is 8.25. The number of benzene rings is 3. The molecule has 1 aliphatic heterocycles. The van der Waals surface area contributed by atoms with Crippen LogP contribution in [0.2, 0.25) is 0 Å². The maximum absolute atomic E-state index is 12.7. The number of hydrogen-bond acceptors (Lipinski definition) is 6. The minimum atomic E-state index is -0.482. The van der Waals surface area contributed by atoms with Crippen molar-refractivity contribution in [3.63, 3.8) is 0 Å². The van der Waals surface area contributed by atoms with E-state index in [2.05, 4.69) is 0 Å². The van der Waals surface area contributed by atoms with E-state index >= 15 is 0 Å². The van der Waals surface area contributed by atoms with Gasteiger partial charge in [0.1, 0.15) is 11.5 Å². The van der Waals surface area contributed by atoms with Crippen molar-refractivity contribution >= 4 is 35.0 Å². The molecule has 1 heterocycles. The van der Waals surface area contributed by atoms with Gasteiger partial charge in [-0.3, -0.25) is 14.5 Å². The predicted molar refractivity (Wildman–Crippen MR) is 127 cm³/mol. The lowest BCUT2D eigenvalue weighted by Crippen LogP contribution is -2.30. The zero-order valence-corrected chi connectivity index (χ0v) is 18.7. The monoisotopic (exact) mass is 459 g/mol. The number of rotatable bonds is 7. The molecule has 0 aliphatic carbocycles. The Kier molecular flexibility index (Phi) is 6.90. The summed E-state index contributed by atoms with van der Waals surface area (Å²) in [5.74, 6) is 0.255. The molecule has 0 saturated carbocycles. The van der Waals surface area contributed by atoms with Crippen LogP contribution in [0.1, 0.15) is 21.5 Å². The van der Waals surface area contributed by atoms with Crippen LogP contribution in [0.4, 0.5) is 4.79 Å².